The van der Waals surface area contributed by atoms with Crippen LogP contribution < -0.4 is 10.6 Å². The van der Waals surface area contributed by atoms with E-state index in [0.717, 1.165) is 28.8 Å². The predicted octanol–water partition coefficient (Wildman–Crippen LogP) is 2.20. The first kappa shape index (κ1) is 24.7. The van der Waals surface area contributed by atoms with Gasteiger partial charge in [-0.15, -0.1) is 0 Å². The third-order valence-corrected chi connectivity index (χ3v) is 6.34. The van der Waals surface area contributed by atoms with Gasteiger partial charge in [0, 0.05) is 25.6 Å². The maximum absolute atomic E-state index is 12.7. The topological polar surface area (TPSA) is 117 Å². The third-order valence-electron chi connectivity index (χ3n) is 6.34. The standard InChI is InChI=1S/C26H31N3O6/c1-16-13-29(2)14-17(35-16)12-27-25(32)23(11-24(30)31)28-26(33)34-15-22-20-9-5-3-7-18(20)19-8-4-6-10-21(19)22/h3-10,16-17,22-23H,11-15H2,1-2H3,(H,27,32)(H,28,33)(H,30,31). The minimum Gasteiger partial charge on any atom is -0.481 e. The minimum atomic E-state index is -1.26. The number of carboxylic acid groups (broad SMARTS) is 1. The Bertz CT molecular complexity index is 1030. The van der Waals surface area contributed by atoms with Gasteiger partial charge in [0.1, 0.15) is 12.6 Å². The zero-order chi connectivity index (χ0) is 24.9. The molecule has 1 aliphatic heterocycles. The lowest BCUT2D eigenvalue weighted by atomic mass is 9.98. The van der Waals surface area contributed by atoms with Crippen LogP contribution in [0, 0.1) is 0 Å². The van der Waals surface area contributed by atoms with E-state index in [0.29, 0.717) is 6.54 Å². The summed E-state index contributed by atoms with van der Waals surface area (Å²) in [6.45, 7) is 3.69. The number of nitrogens with one attached hydrogen (secondary N) is 2. The summed E-state index contributed by atoms with van der Waals surface area (Å²) < 4.78 is 11.3. The molecule has 1 aliphatic carbocycles. The molecule has 3 N–H and O–H groups in total. The Morgan fingerprint density at radius 2 is 1.71 bits per heavy atom. The lowest BCUT2D eigenvalue weighted by Crippen LogP contribution is -2.53. The van der Waals surface area contributed by atoms with Crippen molar-refractivity contribution in [3.8, 4) is 11.1 Å². The van der Waals surface area contributed by atoms with Crippen molar-refractivity contribution in [3.05, 3.63) is 59.7 Å². The summed E-state index contributed by atoms with van der Waals surface area (Å²) in [4.78, 5) is 38.7. The first-order chi connectivity index (χ1) is 16.8. The van der Waals surface area contributed by atoms with Crippen LogP contribution in [-0.2, 0) is 19.1 Å². The monoisotopic (exact) mass is 481 g/mol. The van der Waals surface area contributed by atoms with Crippen LogP contribution in [0.4, 0.5) is 4.79 Å². The van der Waals surface area contributed by atoms with Crippen LogP contribution >= 0.6 is 0 Å². The summed E-state index contributed by atoms with van der Waals surface area (Å²) >= 11 is 0. The third kappa shape index (κ3) is 5.98. The first-order valence-corrected chi connectivity index (χ1v) is 11.8. The lowest BCUT2D eigenvalue weighted by molar-refractivity contribution is -0.140. The molecule has 3 unspecified atom stereocenters. The number of benzene rings is 2. The molecule has 0 aromatic heterocycles. The van der Waals surface area contributed by atoms with Crippen molar-refractivity contribution in [1.29, 1.82) is 0 Å². The Balaban J connectivity index is 1.35. The zero-order valence-corrected chi connectivity index (χ0v) is 19.9. The molecule has 2 aromatic rings. The van der Waals surface area contributed by atoms with Crippen LogP contribution in [0.25, 0.3) is 11.1 Å². The van der Waals surface area contributed by atoms with Crippen LogP contribution in [0.2, 0.25) is 0 Å². The van der Waals surface area contributed by atoms with Crippen molar-refractivity contribution in [2.75, 3.05) is 33.3 Å². The number of hydrogen-bond donors (Lipinski definition) is 3. The summed E-state index contributed by atoms with van der Waals surface area (Å²) in [5.74, 6) is -1.93. The molecular weight excluding hydrogens is 450 g/mol. The number of ether oxygens (including phenoxy) is 2. The fourth-order valence-electron chi connectivity index (χ4n) is 4.89. The highest BCUT2D eigenvalue weighted by Crippen LogP contribution is 2.44. The van der Waals surface area contributed by atoms with Crippen molar-refractivity contribution in [2.45, 2.75) is 37.5 Å². The van der Waals surface area contributed by atoms with Gasteiger partial charge in [-0.25, -0.2) is 4.79 Å². The Kier molecular flexibility index (Phi) is 7.67. The normalized spacial score (nSPS) is 20.4. The molecule has 0 bridgehead atoms. The molecule has 4 rings (SSSR count). The number of aliphatic carboxylic acids is 1. The summed E-state index contributed by atoms with van der Waals surface area (Å²) in [6.07, 6.45) is -1.58. The molecule has 1 saturated heterocycles. The number of fused-ring (bicyclic) bond motifs is 3. The van der Waals surface area contributed by atoms with E-state index in [4.69, 9.17) is 9.47 Å². The number of hydrogen-bond acceptors (Lipinski definition) is 6. The molecule has 186 valence electrons. The van der Waals surface area contributed by atoms with Gasteiger partial charge in [-0.2, -0.15) is 0 Å². The summed E-state index contributed by atoms with van der Waals surface area (Å²) in [6, 6.07) is 14.7. The van der Waals surface area contributed by atoms with E-state index in [9.17, 15) is 19.5 Å². The van der Waals surface area contributed by atoms with Crippen molar-refractivity contribution >= 4 is 18.0 Å². The maximum atomic E-state index is 12.7. The lowest BCUT2D eigenvalue weighted by Gasteiger charge is -2.34. The van der Waals surface area contributed by atoms with Gasteiger partial charge in [0.15, 0.2) is 0 Å². The summed E-state index contributed by atoms with van der Waals surface area (Å²) in [7, 11) is 1.97. The summed E-state index contributed by atoms with van der Waals surface area (Å²) in [5.41, 5.74) is 4.33. The van der Waals surface area contributed by atoms with Gasteiger partial charge in [-0.05, 0) is 36.2 Å². The van der Waals surface area contributed by atoms with Gasteiger partial charge in [-0.1, -0.05) is 48.5 Å². The average molecular weight is 482 g/mol. The first-order valence-electron chi connectivity index (χ1n) is 11.8. The van der Waals surface area contributed by atoms with Crippen LogP contribution in [0.3, 0.4) is 0 Å². The molecule has 1 heterocycles. The van der Waals surface area contributed by atoms with Gasteiger partial charge < -0.3 is 30.1 Å². The van der Waals surface area contributed by atoms with Gasteiger partial charge in [0.25, 0.3) is 0 Å². The molecule has 9 heteroatoms. The largest absolute Gasteiger partial charge is 0.481 e. The molecule has 3 atom stereocenters. The van der Waals surface area contributed by atoms with E-state index in [1.54, 1.807) is 0 Å². The number of morpholine rings is 1. The molecule has 2 aliphatic rings. The SMILES string of the molecule is CC1CN(C)CC(CNC(=O)C(CC(=O)O)NC(=O)OCC2c3ccccc3-c3ccccc32)O1. The number of nitrogens with zero attached hydrogens (tertiary/aromatic N) is 1. The molecule has 0 radical (unpaired) electrons. The Labute approximate surface area is 204 Å². The zero-order valence-electron chi connectivity index (χ0n) is 19.9. The fourth-order valence-corrected chi connectivity index (χ4v) is 4.89. The van der Waals surface area contributed by atoms with Crippen molar-refractivity contribution in [1.82, 2.24) is 15.5 Å². The minimum absolute atomic E-state index is 0.0319. The Hall–Kier alpha value is -3.43. The van der Waals surface area contributed by atoms with E-state index >= 15 is 0 Å². The number of amides is 2. The van der Waals surface area contributed by atoms with Crippen LogP contribution in [-0.4, -0.2) is 79.5 Å². The number of carbonyl (C=O) groups is 3. The highest BCUT2D eigenvalue weighted by Gasteiger charge is 2.31. The van der Waals surface area contributed by atoms with Crippen LogP contribution in [0.15, 0.2) is 48.5 Å². The maximum Gasteiger partial charge on any atom is 0.407 e. The number of carbonyl (C=O) groups excluding carboxylic acids is 2. The fraction of sp³-hybridized carbons (Fsp3) is 0.423. The highest BCUT2D eigenvalue weighted by molar-refractivity contribution is 5.89. The average Bonchev–Trinajstić information content (AvgIpc) is 3.13. The second-order valence-corrected chi connectivity index (χ2v) is 9.16. The van der Waals surface area contributed by atoms with Gasteiger partial charge >= 0.3 is 12.1 Å². The number of carboxylic acids is 1. The molecule has 2 amide bonds. The number of likely N-dealkylation sites (N-methyl/N-ethyl adjacent to an activating group) is 1. The van der Waals surface area contributed by atoms with Gasteiger partial charge in [0.05, 0.1) is 18.6 Å². The molecule has 0 spiro atoms. The number of alkyl carbamates (subject to hydrolysis) is 1. The van der Waals surface area contributed by atoms with Gasteiger partial charge in [0.2, 0.25) is 5.91 Å². The van der Waals surface area contributed by atoms with E-state index in [1.807, 2.05) is 62.5 Å². The second kappa shape index (κ2) is 10.9. The molecule has 9 nitrogen and oxygen atoms in total. The quantitative estimate of drug-likeness (QED) is 0.529. The van der Waals surface area contributed by atoms with E-state index in [2.05, 4.69) is 15.5 Å². The molecule has 0 saturated carbocycles. The number of rotatable bonds is 8. The predicted molar refractivity (Wildman–Crippen MR) is 129 cm³/mol. The van der Waals surface area contributed by atoms with Gasteiger partial charge in [-0.3, -0.25) is 9.59 Å². The highest BCUT2D eigenvalue weighted by atomic mass is 16.5. The Morgan fingerprint density at radius 3 is 2.31 bits per heavy atom. The van der Waals surface area contributed by atoms with Crippen molar-refractivity contribution < 1.29 is 29.0 Å². The van der Waals surface area contributed by atoms with Crippen molar-refractivity contribution in [2.24, 2.45) is 0 Å². The second-order valence-electron chi connectivity index (χ2n) is 9.16. The smallest absolute Gasteiger partial charge is 0.407 e. The Morgan fingerprint density at radius 1 is 1.09 bits per heavy atom. The molecule has 1 fully saturated rings. The van der Waals surface area contributed by atoms with E-state index in [-0.39, 0.29) is 31.3 Å². The summed E-state index contributed by atoms with van der Waals surface area (Å²) in [5, 5.41) is 14.4. The molecular formula is C26H31N3O6. The van der Waals surface area contributed by atoms with E-state index < -0.39 is 30.4 Å². The molecule has 2 aromatic carbocycles. The van der Waals surface area contributed by atoms with Crippen LogP contribution in [0.5, 0.6) is 0 Å². The van der Waals surface area contributed by atoms with Crippen molar-refractivity contribution in [3.63, 3.8) is 0 Å². The molecule has 35 heavy (non-hydrogen) atoms. The van der Waals surface area contributed by atoms with Crippen LogP contribution in [0.1, 0.15) is 30.4 Å². The van der Waals surface area contributed by atoms with E-state index in [1.165, 1.54) is 0 Å².